The molecule has 0 aliphatic carbocycles. The van der Waals surface area contributed by atoms with Crippen LogP contribution in [0.3, 0.4) is 0 Å². The first-order valence-electron chi connectivity index (χ1n) is 4.44. The lowest BCUT2D eigenvalue weighted by Gasteiger charge is -2.05. The maximum absolute atomic E-state index is 13.1. The first-order valence-corrected chi connectivity index (χ1v) is 4.81. The molecule has 2 aromatic rings. The number of aryl methyl sites for hydroxylation is 1. The van der Waals surface area contributed by atoms with Crippen LogP contribution in [0.25, 0.3) is 11.0 Å². The Morgan fingerprint density at radius 2 is 2.33 bits per heavy atom. The average molecular weight is 229 g/mol. The number of ether oxygens (including phenoxy) is 1. The number of pyridine rings is 1. The van der Waals surface area contributed by atoms with Crippen LogP contribution < -0.4 is 0 Å². The fraction of sp³-hybridized carbons (Fsp3) is 0.300. The summed E-state index contributed by atoms with van der Waals surface area (Å²) in [6, 6.07) is 1.80. The van der Waals surface area contributed by atoms with Crippen LogP contribution in [0, 0.1) is 12.7 Å². The molecule has 0 amide bonds. The van der Waals surface area contributed by atoms with Gasteiger partial charge in [0.05, 0.1) is 11.2 Å². The Bertz CT molecular complexity index is 510. The summed E-state index contributed by atoms with van der Waals surface area (Å²) < 4.78 is 20.0. The molecule has 0 aliphatic rings. The maximum Gasteiger partial charge on any atom is 0.160 e. The van der Waals surface area contributed by atoms with Gasteiger partial charge in [0, 0.05) is 18.2 Å². The summed E-state index contributed by atoms with van der Waals surface area (Å²) in [7, 11) is 1.59. The lowest BCUT2D eigenvalue weighted by molar-refractivity contribution is 0.133. The lowest BCUT2D eigenvalue weighted by atomic mass is 10.3. The van der Waals surface area contributed by atoms with E-state index in [2.05, 4.69) is 4.98 Å². The third kappa shape index (κ3) is 1.60. The molecular formula is C10H10ClFN2O. The number of nitrogens with zero attached hydrogens (tertiary/aromatic N) is 2. The minimum absolute atomic E-state index is 0.109. The highest BCUT2D eigenvalue weighted by Crippen LogP contribution is 2.27. The fourth-order valence-electron chi connectivity index (χ4n) is 1.56. The molecule has 0 bridgehead atoms. The van der Waals surface area contributed by atoms with Crippen molar-refractivity contribution in [3.8, 4) is 0 Å². The van der Waals surface area contributed by atoms with E-state index in [0.29, 0.717) is 17.8 Å². The summed E-state index contributed by atoms with van der Waals surface area (Å²) in [5.41, 5.74) is 1.58. The summed E-state index contributed by atoms with van der Waals surface area (Å²) in [6.07, 6.45) is 1.12. The standard InChI is InChI=1S/C10H10ClFN2O/c1-6-3-7-9(11)8(12)4-13-10(7)14(6)5-15-2/h3-4H,5H2,1-2H3. The molecular weight excluding hydrogens is 219 g/mol. The molecule has 0 N–H and O–H groups in total. The van der Waals surface area contributed by atoms with Crippen molar-refractivity contribution in [2.75, 3.05) is 7.11 Å². The van der Waals surface area contributed by atoms with Crippen LogP contribution in [0.2, 0.25) is 5.02 Å². The zero-order chi connectivity index (χ0) is 11.0. The van der Waals surface area contributed by atoms with Crippen LogP contribution in [0.4, 0.5) is 4.39 Å². The van der Waals surface area contributed by atoms with Gasteiger partial charge in [0.2, 0.25) is 0 Å². The number of aromatic nitrogens is 2. The van der Waals surface area contributed by atoms with Gasteiger partial charge in [-0.15, -0.1) is 0 Å². The Morgan fingerprint density at radius 1 is 1.60 bits per heavy atom. The van der Waals surface area contributed by atoms with E-state index in [1.807, 2.05) is 11.5 Å². The van der Waals surface area contributed by atoms with Crippen molar-refractivity contribution in [2.45, 2.75) is 13.7 Å². The molecule has 0 aliphatic heterocycles. The number of rotatable bonds is 2. The summed E-state index contributed by atoms with van der Waals surface area (Å²) in [5.74, 6) is -0.501. The van der Waals surface area contributed by atoms with Gasteiger partial charge in [-0.05, 0) is 13.0 Å². The van der Waals surface area contributed by atoms with Crippen LogP contribution in [0.1, 0.15) is 5.69 Å². The predicted molar refractivity (Wildman–Crippen MR) is 56.4 cm³/mol. The Kier molecular flexibility index (Phi) is 2.63. The maximum atomic E-state index is 13.1. The average Bonchev–Trinajstić information content (AvgIpc) is 2.52. The normalized spacial score (nSPS) is 11.2. The molecule has 3 nitrogen and oxygen atoms in total. The summed E-state index contributed by atoms with van der Waals surface area (Å²) in [6.45, 7) is 2.28. The quantitative estimate of drug-likeness (QED) is 0.790. The highest BCUT2D eigenvalue weighted by Gasteiger charge is 2.12. The zero-order valence-electron chi connectivity index (χ0n) is 8.42. The smallest absolute Gasteiger partial charge is 0.160 e. The first kappa shape index (κ1) is 10.4. The summed E-state index contributed by atoms with van der Waals surface area (Å²) in [4.78, 5) is 4.00. The fourth-order valence-corrected chi connectivity index (χ4v) is 1.75. The predicted octanol–water partition coefficient (Wildman–Crippen LogP) is 2.74. The van der Waals surface area contributed by atoms with Gasteiger partial charge in [-0.2, -0.15) is 0 Å². The Balaban J connectivity index is 2.73. The van der Waals surface area contributed by atoms with Crippen molar-refractivity contribution >= 4 is 22.6 Å². The molecule has 80 valence electrons. The Morgan fingerprint density at radius 3 is 3.00 bits per heavy atom. The van der Waals surface area contributed by atoms with Gasteiger partial charge in [-0.25, -0.2) is 9.37 Å². The van der Waals surface area contributed by atoms with Crippen LogP contribution >= 0.6 is 11.6 Å². The monoisotopic (exact) mass is 228 g/mol. The van der Waals surface area contributed by atoms with Crippen molar-refractivity contribution < 1.29 is 9.13 Å². The second-order valence-corrected chi connectivity index (χ2v) is 3.67. The van der Waals surface area contributed by atoms with Gasteiger partial charge in [-0.3, -0.25) is 0 Å². The molecule has 0 saturated heterocycles. The van der Waals surface area contributed by atoms with E-state index < -0.39 is 5.82 Å². The van der Waals surface area contributed by atoms with Crippen LogP contribution in [-0.2, 0) is 11.5 Å². The van der Waals surface area contributed by atoms with E-state index in [4.69, 9.17) is 16.3 Å². The second-order valence-electron chi connectivity index (χ2n) is 3.29. The molecule has 0 fully saturated rings. The molecule has 0 atom stereocenters. The largest absolute Gasteiger partial charge is 0.364 e. The number of hydrogen-bond donors (Lipinski definition) is 0. The zero-order valence-corrected chi connectivity index (χ0v) is 9.18. The summed E-state index contributed by atoms with van der Waals surface area (Å²) >= 11 is 5.84. The van der Waals surface area contributed by atoms with Crippen molar-refractivity contribution in [1.29, 1.82) is 0 Å². The minimum atomic E-state index is -0.501. The Hall–Kier alpha value is -1.13. The van der Waals surface area contributed by atoms with Crippen LogP contribution in [0.5, 0.6) is 0 Å². The molecule has 2 rings (SSSR count). The van der Waals surface area contributed by atoms with E-state index in [-0.39, 0.29) is 5.02 Å². The van der Waals surface area contributed by atoms with Crippen molar-refractivity contribution in [1.82, 2.24) is 9.55 Å². The lowest BCUT2D eigenvalue weighted by Crippen LogP contribution is -2.02. The highest BCUT2D eigenvalue weighted by molar-refractivity contribution is 6.35. The van der Waals surface area contributed by atoms with E-state index in [0.717, 1.165) is 11.9 Å². The SMILES string of the molecule is COCn1c(C)cc2c(Cl)c(F)cnc21. The molecule has 2 aromatic heterocycles. The second kappa shape index (κ2) is 3.79. The van der Waals surface area contributed by atoms with E-state index in [1.54, 1.807) is 13.2 Å². The van der Waals surface area contributed by atoms with Gasteiger partial charge in [0.25, 0.3) is 0 Å². The first-order chi connectivity index (χ1) is 7.15. The molecule has 5 heteroatoms. The van der Waals surface area contributed by atoms with Crippen LogP contribution in [-0.4, -0.2) is 16.7 Å². The third-order valence-corrected chi connectivity index (χ3v) is 2.66. The molecule has 0 aromatic carbocycles. The van der Waals surface area contributed by atoms with Gasteiger partial charge < -0.3 is 9.30 Å². The minimum Gasteiger partial charge on any atom is -0.364 e. The Labute approximate surface area is 91.4 Å². The molecule has 15 heavy (non-hydrogen) atoms. The topological polar surface area (TPSA) is 27.1 Å². The molecule has 0 unspecified atom stereocenters. The van der Waals surface area contributed by atoms with Gasteiger partial charge in [0.15, 0.2) is 5.82 Å². The van der Waals surface area contributed by atoms with Crippen molar-refractivity contribution in [2.24, 2.45) is 0 Å². The van der Waals surface area contributed by atoms with Crippen molar-refractivity contribution in [3.63, 3.8) is 0 Å². The molecule has 2 heterocycles. The molecule has 0 saturated carbocycles. The number of halogens is 2. The number of fused-ring (bicyclic) bond motifs is 1. The van der Waals surface area contributed by atoms with Gasteiger partial charge >= 0.3 is 0 Å². The summed E-state index contributed by atoms with van der Waals surface area (Å²) in [5, 5.41) is 0.726. The third-order valence-electron chi connectivity index (χ3n) is 2.28. The van der Waals surface area contributed by atoms with Gasteiger partial charge in [-0.1, -0.05) is 11.6 Å². The molecule has 0 radical (unpaired) electrons. The highest BCUT2D eigenvalue weighted by atomic mass is 35.5. The van der Waals surface area contributed by atoms with Crippen LogP contribution in [0.15, 0.2) is 12.3 Å². The van der Waals surface area contributed by atoms with E-state index >= 15 is 0 Å². The van der Waals surface area contributed by atoms with Gasteiger partial charge in [0.1, 0.15) is 12.4 Å². The van der Waals surface area contributed by atoms with E-state index in [1.165, 1.54) is 0 Å². The molecule has 0 spiro atoms. The van der Waals surface area contributed by atoms with E-state index in [9.17, 15) is 4.39 Å². The number of hydrogen-bond acceptors (Lipinski definition) is 2. The number of methoxy groups -OCH3 is 1. The van der Waals surface area contributed by atoms with Crippen molar-refractivity contribution in [3.05, 3.63) is 28.8 Å².